The molecule has 154 valence electrons. The minimum Gasteiger partial charge on any atom is -0.481 e. The summed E-state index contributed by atoms with van der Waals surface area (Å²) >= 11 is 0. The zero-order chi connectivity index (χ0) is 20.4. The molecule has 1 N–H and O–H groups in total. The van der Waals surface area contributed by atoms with Crippen LogP contribution in [0.15, 0.2) is 36.4 Å². The second-order valence-electron chi connectivity index (χ2n) is 8.64. The van der Waals surface area contributed by atoms with Gasteiger partial charge in [-0.15, -0.1) is 0 Å². The lowest BCUT2D eigenvalue weighted by Crippen LogP contribution is -2.22. The molecule has 2 fully saturated rings. The molecule has 0 saturated heterocycles. The fourth-order valence-electron chi connectivity index (χ4n) is 5.28. The quantitative estimate of drug-likeness (QED) is 0.491. The van der Waals surface area contributed by atoms with Crippen LogP contribution in [0.3, 0.4) is 0 Å². The predicted octanol–water partition coefficient (Wildman–Crippen LogP) is 6.82. The first kappa shape index (κ1) is 20.9. The molecule has 1 aromatic rings. The Morgan fingerprint density at radius 2 is 2.00 bits per heavy atom. The zero-order valence-corrected chi connectivity index (χ0v) is 16.3. The van der Waals surface area contributed by atoms with Gasteiger partial charge in [0, 0.05) is 5.92 Å². The van der Waals surface area contributed by atoms with Gasteiger partial charge >= 0.3 is 12.1 Å². The van der Waals surface area contributed by atoms with Crippen LogP contribution in [-0.2, 0) is 11.0 Å². The van der Waals surface area contributed by atoms with Gasteiger partial charge in [-0.25, -0.2) is 0 Å². The van der Waals surface area contributed by atoms with Gasteiger partial charge in [-0.05, 0) is 74.3 Å². The summed E-state index contributed by atoms with van der Waals surface area (Å²) in [6, 6.07) is 5.14. The Morgan fingerprint density at radius 3 is 2.54 bits per heavy atom. The van der Waals surface area contributed by atoms with Crippen molar-refractivity contribution in [3.8, 4) is 0 Å². The van der Waals surface area contributed by atoms with Crippen LogP contribution in [0.25, 0.3) is 0 Å². The fraction of sp³-hybridized carbons (Fsp3) is 0.609. The molecule has 0 aromatic heterocycles. The highest BCUT2D eigenvalue weighted by Gasteiger charge is 2.43. The van der Waals surface area contributed by atoms with E-state index in [0.29, 0.717) is 23.8 Å². The van der Waals surface area contributed by atoms with Crippen LogP contribution in [0.1, 0.15) is 75.3 Å². The lowest BCUT2D eigenvalue weighted by molar-refractivity contribution is -0.142. The molecule has 0 aliphatic heterocycles. The lowest BCUT2D eigenvalue weighted by Gasteiger charge is -2.25. The highest BCUT2D eigenvalue weighted by molar-refractivity contribution is 5.71. The Hall–Kier alpha value is -1.78. The van der Waals surface area contributed by atoms with Crippen molar-refractivity contribution >= 4 is 5.97 Å². The van der Waals surface area contributed by atoms with E-state index in [1.165, 1.54) is 38.2 Å². The first-order valence-electron chi connectivity index (χ1n) is 10.3. The molecule has 5 heteroatoms. The monoisotopic (exact) mass is 394 g/mol. The van der Waals surface area contributed by atoms with Gasteiger partial charge in [0.15, 0.2) is 0 Å². The molecule has 3 rings (SSSR count). The number of halogens is 3. The first-order chi connectivity index (χ1) is 13.2. The van der Waals surface area contributed by atoms with Gasteiger partial charge in [0.2, 0.25) is 0 Å². The number of alkyl halides is 3. The Kier molecular flexibility index (Phi) is 6.21. The molecule has 0 heterocycles. The van der Waals surface area contributed by atoms with E-state index in [0.717, 1.165) is 24.5 Å². The molecule has 1 aromatic carbocycles. The molecule has 0 amide bonds. The predicted molar refractivity (Wildman–Crippen MR) is 103 cm³/mol. The van der Waals surface area contributed by atoms with Gasteiger partial charge in [0.05, 0.1) is 11.5 Å². The van der Waals surface area contributed by atoms with Crippen molar-refractivity contribution in [1.82, 2.24) is 0 Å². The van der Waals surface area contributed by atoms with E-state index >= 15 is 0 Å². The Labute approximate surface area is 164 Å². The summed E-state index contributed by atoms with van der Waals surface area (Å²) in [5.41, 5.74) is 0.152. The second-order valence-corrected chi connectivity index (χ2v) is 8.64. The van der Waals surface area contributed by atoms with Gasteiger partial charge in [0.25, 0.3) is 0 Å². The number of carbonyl (C=O) groups is 1. The average Bonchev–Trinajstić information content (AvgIpc) is 3.24. The molecule has 0 spiro atoms. The van der Waals surface area contributed by atoms with Crippen molar-refractivity contribution in [3.05, 3.63) is 47.5 Å². The summed E-state index contributed by atoms with van der Waals surface area (Å²) < 4.78 is 39.3. The summed E-state index contributed by atoms with van der Waals surface area (Å²) in [7, 11) is 0. The number of aliphatic carboxylic acids is 1. The highest BCUT2D eigenvalue weighted by atomic mass is 19.4. The molecular formula is C23H29F3O2. The van der Waals surface area contributed by atoms with Crippen LogP contribution < -0.4 is 0 Å². The van der Waals surface area contributed by atoms with Crippen LogP contribution in [-0.4, -0.2) is 11.1 Å². The van der Waals surface area contributed by atoms with Crippen molar-refractivity contribution in [2.75, 3.05) is 0 Å². The number of carboxylic acid groups (broad SMARTS) is 1. The SMILES string of the molecule is CCC(C(=O)O)C(CC=CCC12CCC(CC1)C2)c1cccc(C(F)(F)F)c1. The summed E-state index contributed by atoms with van der Waals surface area (Å²) in [6.45, 7) is 1.78. The summed E-state index contributed by atoms with van der Waals surface area (Å²) in [5, 5.41) is 9.60. The number of benzene rings is 1. The smallest absolute Gasteiger partial charge is 0.416 e. The van der Waals surface area contributed by atoms with Crippen LogP contribution in [0, 0.1) is 17.3 Å². The molecule has 2 aliphatic carbocycles. The van der Waals surface area contributed by atoms with Gasteiger partial charge in [0.1, 0.15) is 0 Å². The maximum Gasteiger partial charge on any atom is 0.416 e. The molecule has 2 nitrogen and oxygen atoms in total. The third kappa shape index (κ3) is 4.61. The lowest BCUT2D eigenvalue weighted by atomic mass is 9.79. The number of carboxylic acids is 1. The van der Waals surface area contributed by atoms with E-state index in [1.54, 1.807) is 13.0 Å². The van der Waals surface area contributed by atoms with Crippen LogP contribution in [0.2, 0.25) is 0 Å². The summed E-state index contributed by atoms with van der Waals surface area (Å²) in [4.78, 5) is 11.7. The van der Waals surface area contributed by atoms with Gasteiger partial charge < -0.3 is 5.11 Å². The van der Waals surface area contributed by atoms with E-state index in [9.17, 15) is 23.1 Å². The average molecular weight is 394 g/mol. The number of hydrogen-bond donors (Lipinski definition) is 1. The minimum absolute atomic E-state index is 0.385. The first-order valence-corrected chi connectivity index (χ1v) is 10.3. The maximum absolute atomic E-state index is 13.1. The van der Waals surface area contributed by atoms with Crippen molar-refractivity contribution in [1.29, 1.82) is 0 Å². The topological polar surface area (TPSA) is 37.3 Å². The molecule has 0 radical (unpaired) electrons. The molecule has 2 unspecified atom stereocenters. The van der Waals surface area contributed by atoms with Crippen molar-refractivity contribution in [3.63, 3.8) is 0 Å². The van der Waals surface area contributed by atoms with Gasteiger partial charge in [-0.3, -0.25) is 4.79 Å². The normalized spacial score (nSPS) is 26.6. The number of fused-ring (bicyclic) bond motifs is 2. The Balaban J connectivity index is 1.76. The molecule has 2 atom stereocenters. The molecular weight excluding hydrogens is 365 g/mol. The summed E-state index contributed by atoms with van der Waals surface area (Å²) in [5.74, 6) is -1.24. The van der Waals surface area contributed by atoms with Gasteiger partial charge in [-0.2, -0.15) is 13.2 Å². The van der Waals surface area contributed by atoms with E-state index in [-0.39, 0.29) is 0 Å². The Morgan fingerprint density at radius 1 is 1.29 bits per heavy atom. The van der Waals surface area contributed by atoms with E-state index in [1.807, 2.05) is 6.08 Å². The second kappa shape index (κ2) is 8.30. The fourth-order valence-corrected chi connectivity index (χ4v) is 5.28. The van der Waals surface area contributed by atoms with E-state index in [4.69, 9.17) is 0 Å². The van der Waals surface area contributed by atoms with Crippen molar-refractivity contribution in [2.24, 2.45) is 17.3 Å². The maximum atomic E-state index is 13.1. The van der Waals surface area contributed by atoms with Crippen LogP contribution >= 0.6 is 0 Å². The van der Waals surface area contributed by atoms with Crippen molar-refractivity contribution in [2.45, 2.75) is 70.4 Å². The largest absolute Gasteiger partial charge is 0.481 e. The minimum atomic E-state index is -4.43. The number of allylic oxidation sites excluding steroid dienone is 2. The zero-order valence-electron chi connectivity index (χ0n) is 16.3. The molecule has 28 heavy (non-hydrogen) atoms. The standard InChI is InChI=1S/C23H29F3O2/c1-2-19(21(27)28)20(17-6-5-7-18(14-17)23(24,25)26)8-3-4-11-22-12-9-16(15-22)10-13-22/h3-7,14,16,19-20H,2,8-13,15H2,1H3,(H,27,28). The number of rotatable bonds is 8. The molecule has 2 saturated carbocycles. The van der Waals surface area contributed by atoms with Crippen LogP contribution in [0.4, 0.5) is 13.2 Å². The number of hydrogen-bond acceptors (Lipinski definition) is 1. The van der Waals surface area contributed by atoms with E-state index < -0.39 is 29.5 Å². The Bertz CT molecular complexity index is 715. The third-order valence-corrected chi connectivity index (χ3v) is 6.88. The van der Waals surface area contributed by atoms with Crippen molar-refractivity contribution < 1.29 is 23.1 Å². The third-order valence-electron chi connectivity index (χ3n) is 6.88. The molecule has 2 bridgehead atoms. The molecule has 2 aliphatic rings. The summed E-state index contributed by atoms with van der Waals surface area (Å²) in [6.07, 6.45) is 8.01. The van der Waals surface area contributed by atoms with Gasteiger partial charge in [-0.1, -0.05) is 37.3 Å². The van der Waals surface area contributed by atoms with E-state index in [2.05, 4.69) is 6.08 Å². The highest BCUT2D eigenvalue weighted by Crippen LogP contribution is 2.56. The van der Waals surface area contributed by atoms with Crippen LogP contribution in [0.5, 0.6) is 0 Å².